The van der Waals surface area contributed by atoms with Gasteiger partial charge in [0.2, 0.25) is 0 Å². The number of rotatable bonds is 6. The topological polar surface area (TPSA) is 0 Å². The van der Waals surface area contributed by atoms with Crippen molar-refractivity contribution in [3.8, 4) is 0 Å². The van der Waals surface area contributed by atoms with Crippen LogP contribution in [-0.4, -0.2) is 135 Å². The molecule has 4 atom stereocenters. The summed E-state index contributed by atoms with van der Waals surface area (Å²) in [5.41, 5.74) is 0. The second kappa shape index (κ2) is 104. The minimum absolute atomic E-state index is 0. The average molecular weight is 1320 g/mol. The van der Waals surface area contributed by atoms with Gasteiger partial charge in [0.15, 0.2) is 0 Å². The van der Waals surface area contributed by atoms with E-state index in [1.807, 2.05) is 0 Å². The fraction of sp³-hybridized carbons (Fsp3) is 1.00. The molecule has 37 heavy (non-hydrogen) atoms. The van der Waals surface area contributed by atoms with E-state index in [-0.39, 0.29) is 121 Å². The fourth-order valence-electron chi connectivity index (χ4n) is 0. The Morgan fingerprint density at radius 2 is 0.405 bits per heavy atom. The third kappa shape index (κ3) is 240. The van der Waals surface area contributed by atoms with Crippen LogP contribution in [0.2, 0.25) is 24.6 Å². The minimum atomic E-state index is 0. The molecule has 0 aromatic rings. The van der Waals surface area contributed by atoms with Gasteiger partial charge < -0.3 is 121 Å². The predicted octanol–water partition coefficient (Wildman–Crippen LogP) is 7.44. The van der Waals surface area contributed by atoms with Crippen molar-refractivity contribution >= 4 is 257 Å². The van der Waals surface area contributed by atoms with Crippen LogP contribution in [-0.2, 0) is 121 Å². The molecule has 0 N–H and O–H groups in total. The molecule has 0 saturated heterocycles. The van der Waals surface area contributed by atoms with Crippen LogP contribution in [0.25, 0.3) is 0 Å². The molecule has 0 aliphatic carbocycles. The van der Waals surface area contributed by atoms with E-state index in [2.05, 4.69) is 69.2 Å². The Hall–Kier alpha value is 7.94. The first kappa shape index (κ1) is 96.8. The van der Waals surface area contributed by atoms with E-state index in [0.29, 0.717) is 0 Å². The zero-order chi connectivity index (χ0) is 24.0. The van der Waals surface area contributed by atoms with Gasteiger partial charge in [-0.3, -0.25) is 0 Å². The Morgan fingerprint density at radius 3 is 0.405 bits per heavy atom. The van der Waals surface area contributed by atoms with Gasteiger partial charge in [0.1, 0.15) is 0 Å². The van der Waals surface area contributed by atoms with Crippen LogP contribution >= 0.6 is 0 Å². The van der Waals surface area contributed by atoms with Crippen LogP contribution in [0, 0.1) is 0 Å². The van der Waals surface area contributed by atoms with Crippen molar-refractivity contribution < 1.29 is 0 Å². The van der Waals surface area contributed by atoms with Crippen molar-refractivity contribution in [2.24, 2.45) is 0 Å². The minimum Gasteiger partial charge on any atom is -2.00 e. The zero-order valence-corrected chi connectivity index (χ0v) is 49.1. The summed E-state index contributed by atoms with van der Waals surface area (Å²) in [5.74, 6) is 0. The molecule has 0 heterocycles. The van der Waals surface area contributed by atoms with Gasteiger partial charge in [0.05, 0.1) is 0 Å². The molecule has 18 radical (unpaired) electrons. The maximum atomic E-state index is 2.26. The quantitative estimate of drug-likeness (QED) is 0.243. The maximum absolute atomic E-state index is 2.26. The van der Waals surface area contributed by atoms with E-state index >= 15 is 0 Å². The zero-order valence-electron chi connectivity index (χ0n) is 24.6. The molecule has 234 valence electrons. The van der Waals surface area contributed by atoms with Crippen LogP contribution in [0.4, 0.5) is 0 Å². The molecule has 0 fully saturated rings. The molecular formula is C22H50S9Sn6-18. The molecule has 0 aliphatic heterocycles. The van der Waals surface area contributed by atoms with Crippen LogP contribution in [0.1, 0.15) is 108 Å². The van der Waals surface area contributed by atoms with Gasteiger partial charge in [-0.1, -0.05) is 0 Å². The third-order valence-corrected chi connectivity index (χ3v) is 10.5. The smallest absolute Gasteiger partial charge is 2.00 e. The molecule has 0 nitrogen and oxygen atoms in total. The predicted molar refractivity (Wildman–Crippen MR) is 210 cm³/mol. The van der Waals surface area contributed by atoms with Crippen molar-refractivity contribution in [3.63, 3.8) is 0 Å². The Balaban J connectivity index is -0.0000000115. The summed E-state index contributed by atoms with van der Waals surface area (Å²) in [6.45, 7) is 22.3. The number of hydrogen-bond acceptors (Lipinski definition) is 0. The van der Waals surface area contributed by atoms with E-state index in [9.17, 15) is 0 Å². The molecule has 0 saturated carbocycles. The van der Waals surface area contributed by atoms with Crippen LogP contribution in [0.5, 0.6) is 0 Å². The van der Waals surface area contributed by atoms with Gasteiger partial charge in [-0.2, -0.15) is 0 Å². The van der Waals surface area contributed by atoms with Crippen molar-refractivity contribution in [1.82, 2.24) is 0 Å². The summed E-state index contributed by atoms with van der Waals surface area (Å²) >= 11 is 10.0. The standard InChI is InChI=1S/4C4H9.2C3H7.9S.6Sn/c4*1-3-4-2;2*1-3-2;;;;;;;;;;;;;;;/h4*3H,4H2,1-2H3;2*1,3H2,2H3;;;;;;;;;;;;;;;/q;;;;;;9*-2;;;;;;. The van der Waals surface area contributed by atoms with Gasteiger partial charge in [0, 0.05) is 0 Å². The molecule has 0 spiro atoms. The molecule has 0 aromatic heterocycles. The van der Waals surface area contributed by atoms with Gasteiger partial charge in [-0.05, 0) is 0 Å². The summed E-state index contributed by atoms with van der Waals surface area (Å²) in [4.78, 5) is 0. The molecule has 15 heteroatoms. The largest absolute Gasteiger partial charge is 2.00 e. The van der Waals surface area contributed by atoms with E-state index < -0.39 is 0 Å². The summed E-state index contributed by atoms with van der Waals surface area (Å²) in [6.07, 6.45) is 8.10. The van der Waals surface area contributed by atoms with E-state index in [1.165, 1.54) is 47.4 Å². The summed E-state index contributed by atoms with van der Waals surface area (Å²) in [7, 11) is 0. The van der Waals surface area contributed by atoms with Gasteiger partial charge in [-0.25, -0.2) is 0 Å². The first-order chi connectivity index (χ1) is 12.9. The molecule has 4 unspecified atom stereocenters. The molecule has 0 aliphatic rings. The molecule has 0 rings (SSSR count). The van der Waals surface area contributed by atoms with Crippen LogP contribution in [0.15, 0.2) is 0 Å². The first-order valence-corrected chi connectivity index (χ1v) is 21.7. The first-order valence-electron chi connectivity index (χ1n) is 11.0. The Morgan fingerprint density at radius 1 is 0.351 bits per heavy atom. The normalized spacial score (nSPS) is 9.73. The van der Waals surface area contributed by atoms with Gasteiger partial charge in [0.25, 0.3) is 0 Å². The van der Waals surface area contributed by atoms with E-state index in [4.69, 9.17) is 0 Å². The SMILES string of the molecule is CC[CH2][Sn].CC[CH2][Sn].CC[CH](C)[Sn].CC[CH](C)[Sn].CC[CH](C)[Sn].CC[CH](C)[Sn].[S-2].[S-2].[S-2].[S-2].[S-2].[S-2].[S-2].[S-2].[S-2]. The van der Waals surface area contributed by atoms with Gasteiger partial charge >= 0.3 is 268 Å². The average Bonchev–Trinajstić information content (AvgIpc) is 2.69. The molecule has 0 bridgehead atoms. The van der Waals surface area contributed by atoms with Gasteiger partial charge in [-0.15, -0.1) is 0 Å². The van der Waals surface area contributed by atoms with Crippen LogP contribution < -0.4 is 0 Å². The molecule has 0 aromatic carbocycles. The Kier molecular flexibility index (Phi) is 272. The summed E-state index contributed by atoms with van der Waals surface area (Å²) in [5, 5.41) is 0. The second-order valence-electron chi connectivity index (χ2n) is 6.74. The summed E-state index contributed by atoms with van der Waals surface area (Å²) in [6, 6.07) is 0. The second-order valence-corrected chi connectivity index (χ2v) is 20.8. The third-order valence-electron chi connectivity index (χ3n) is 2.95. The molecular weight excluding hydrogens is 1270 g/mol. The van der Waals surface area contributed by atoms with Crippen molar-refractivity contribution in [1.29, 1.82) is 0 Å². The fourth-order valence-corrected chi connectivity index (χ4v) is 0. The van der Waals surface area contributed by atoms with Crippen molar-refractivity contribution in [3.05, 3.63) is 0 Å². The maximum Gasteiger partial charge on any atom is -2.00 e. The van der Waals surface area contributed by atoms with Crippen molar-refractivity contribution in [2.75, 3.05) is 0 Å². The van der Waals surface area contributed by atoms with Crippen molar-refractivity contribution in [2.45, 2.75) is 132 Å². The van der Waals surface area contributed by atoms with E-state index in [0.717, 1.165) is 15.7 Å². The summed E-state index contributed by atoms with van der Waals surface area (Å²) < 4.78 is 6.72. The van der Waals surface area contributed by atoms with E-state index in [1.54, 1.807) is 135 Å². The number of hydrogen-bond donors (Lipinski definition) is 0. The Bertz CT molecular complexity index is 175. The monoisotopic (exact) mass is 1320 g/mol. The van der Waals surface area contributed by atoms with Crippen LogP contribution in [0.3, 0.4) is 0 Å². The Labute approximate surface area is 381 Å². The molecule has 0 amide bonds.